The largest absolute Gasteiger partial charge is 0.494 e. The van der Waals surface area contributed by atoms with Crippen molar-refractivity contribution in [3.63, 3.8) is 0 Å². The third kappa shape index (κ3) is 2.88. The first-order valence-corrected chi connectivity index (χ1v) is 8.81. The van der Waals surface area contributed by atoms with Crippen molar-refractivity contribution in [1.29, 1.82) is 0 Å². The maximum Gasteiger partial charge on any atom is 0.494 e. The van der Waals surface area contributed by atoms with E-state index >= 15 is 0 Å². The molecule has 4 rings (SSSR count). The molecule has 3 aliphatic rings. The van der Waals surface area contributed by atoms with Crippen molar-refractivity contribution in [2.45, 2.75) is 38.9 Å². The molecule has 3 heteroatoms. The predicted molar refractivity (Wildman–Crippen MR) is 104 cm³/mol. The van der Waals surface area contributed by atoms with Crippen LogP contribution in [0, 0.1) is 0 Å². The van der Waals surface area contributed by atoms with Gasteiger partial charge in [-0.3, -0.25) is 0 Å². The minimum absolute atomic E-state index is 0.318. The van der Waals surface area contributed by atoms with E-state index in [-0.39, 0.29) is 18.3 Å². The molecule has 1 heterocycles. The Morgan fingerprint density at radius 1 is 0.600 bits per heavy atom. The van der Waals surface area contributed by atoms with E-state index in [1.54, 1.807) is 0 Å². The normalized spacial score (nSPS) is 18.6. The molecule has 0 aromatic heterocycles. The average molecular weight is 330 g/mol. The molecule has 0 saturated carbocycles. The molecule has 0 N–H and O–H groups in total. The second kappa shape index (κ2) is 5.72. The number of hydrogen-bond acceptors (Lipinski definition) is 2. The average Bonchev–Trinajstić information content (AvgIpc) is 2.99. The van der Waals surface area contributed by atoms with Crippen molar-refractivity contribution in [2.75, 3.05) is 0 Å². The molecule has 126 valence electrons. The van der Waals surface area contributed by atoms with Crippen LogP contribution in [0.5, 0.6) is 0 Å². The van der Waals surface area contributed by atoms with Crippen LogP contribution in [0.4, 0.5) is 0 Å². The number of benzene rings is 1. The van der Waals surface area contributed by atoms with Gasteiger partial charge in [0.25, 0.3) is 0 Å². The van der Waals surface area contributed by atoms with Gasteiger partial charge in [0, 0.05) is 0 Å². The van der Waals surface area contributed by atoms with Crippen molar-refractivity contribution >= 4 is 12.6 Å². The van der Waals surface area contributed by atoms with E-state index in [0.29, 0.717) is 0 Å². The first-order valence-electron chi connectivity index (χ1n) is 8.81. The van der Waals surface area contributed by atoms with E-state index in [1.807, 2.05) is 6.07 Å². The molecular formula is C22H23BO2. The lowest BCUT2D eigenvalue weighted by atomic mass is 9.80. The summed E-state index contributed by atoms with van der Waals surface area (Å²) in [5.74, 6) is 0. The molecular weight excluding hydrogens is 307 g/mol. The smallest absolute Gasteiger partial charge is 0.399 e. The zero-order chi connectivity index (χ0) is 17.7. The fraction of sp³-hybridized carbons (Fsp3) is 0.273. The first kappa shape index (κ1) is 16.4. The molecule has 1 fully saturated rings. The van der Waals surface area contributed by atoms with Crippen molar-refractivity contribution in [1.82, 2.24) is 0 Å². The lowest BCUT2D eigenvalue weighted by molar-refractivity contribution is 0.00578. The summed E-state index contributed by atoms with van der Waals surface area (Å²) in [4.78, 5) is 0. The molecule has 0 unspecified atom stereocenters. The van der Waals surface area contributed by atoms with Crippen molar-refractivity contribution in [3.05, 3.63) is 66.7 Å². The quantitative estimate of drug-likeness (QED) is 0.631. The van der Waals surface area contributed by atoms with Crippen molar-refractivity contribution < 1.29 is 9.31 Å². The van der Waals surface area contributed by atoms with Crippen LogP contribution in [0.1, 0.15) is 27.7 Å². The molecule has 1 aliphatic heterocycles. The number of hydrogen-bond donors (Lipinski definition) is 0. The summed E-state index contributed by atoms with van der Waals surface area (Å²) in [5, 5.41) is 0. The second-order valence-electron chi connectivity index (χ2n) is 7.78. The molecule has 0 atom stereocenters. The summed E-state index contributed by atoms with van der Waals surface area (Å²) in [5.41, 5.74) is 5.36. The van der Waals surface area contributed by atoms with Gasteiger partial charge in [-0.1, -0.05) is 54.6 Å². The van der Waals surface area contributed by atoms with Gasteiger partial charge in [0.05, 0.1) is 11.2 Å². The monoisotopic (exact) mass is 330 g/mol. The maximum absolute atomic E-state index is 6.17. The number of fused-ring (bicyclic) bond motifs is 1. The summed E-state index contributed by atoms with van der Waals surface area (Å²) in [6.45, 7) is 8.33. The zero-order valence-corrected chi connectivity index (χ0v) is 15.2. The van der Waals surface area contributed by atoms with Gasteiger partial charge in [0.1, 0.15) is 0 Å². The molecule has 0 amide bonds. The van der Waals surface area contributed by atoms with Crippen molar-refractivity contribution in [3.8, 4) is 22.3 Å². The molecule has 2 nitrogen and oxygen atoms in total. The highest BCUT2D eigenvalue weighted by atomic mass is 16.7. The SMILES string of the molecule is CC1(C)OB(c2ccc3cc(-c4ccccc4)cc-3cc2)OC1(C)C. The Kier molecular flexibility index (Phi) is 3.75. The van der Waals surface area contributed by atoms with E-state index in [0.717, 1.165) is 5.46 Å². The Bertz CT molecular complexity index is 821. The van der Waals surface area contributed by atoms with Gasteiger partial charge < -0.3 is 9.31 Å². The third-order valence-electron chi connectivity index (χ3n) is 5.50. The fourth-order valence-electron chi connectivity index (χ4n) is 3.19. The molecule has 0 radical (unpaired) electrons. The zero-order valence-electron chi connectivity index (χ0n) is 15.2. The van der Waals surface area contributed by atoms with Gasteiger partial charge in [0.15, 0.2) is 0 Å². The van der Waals surface area contributed by atoms with Gasteiger partial charge in [-0.2, -0.15) is 0 Å². The van der Waals surface area contributed by atoms with Crippen LogP contribution in [0.3, 0.4) is 0 Å². The van der Waals surface area contributed by atoms with Gasteiger partial charge in [0.2, 0.25) is 0 Å². The van der Waals surface area contributed by atoms with E-state index in [4.69, 9.17) is 9.31 Å². The minimum atomic E-state index is -0.324. The third-order valence-corrected chi connectivity index (χ3v) is 5.50. The Labute approximate surface area is 150 Å². The summed E-state index contributed by atoms with van der Waals surface area (Å²) < 4.78 is 12.3. The summed E-state index contributed by atoms with van der Waals surface area (Å²) in [6, 6.07) is 23.5. The Hall–Kier alpha value is -2.10. The second-order valence-corrected chi connectivity index (χ2v) is 7.78. The summed E-state index contributed by atoms with van der Waals surface area (Å²) >= 11 is 0. The topological polar surface area (TPSA) is 18.5 Å². The first-order chi connectivity index (χ1) is 11.9. The van der Waals surface area contributed by atoms with Crippen LogP contribution in [0.2, 0.25) is 0 Å². The van der Waals surface area contributed by atoms with Crippen LogP contribution in [0.25, 0.3) is 22.3 Å². The molecule has 1 saturated heterocycles. The van der Waals surface area contributed by atoms with Crippen LogP contribution in [-0.4, -0.2) is 18.3 Å². The number of rotatable bonds is 2. The van der Waals surface area contributed by atoms with Gasteiger partial charge in [-0.05, 0) is 67.5 Å². The minimum Gasteiger partial charge on any atom is -0.399 e. The maximum atomic E-state index is 6.17. The molecule has 1 aromatic rings. The molecule has 0 bridgehead atoms. The van der Waals surface area contributed by atoms with Crippen molar-refractivity contribution in [2.24, 2.45) is 0 Å². The van der Waals surface area contributed by atoms with E-state index in [2.05, 4.69) is 88.4 Å². The Balaban J connectivity index is 1.67. The van der Waals surface area contributed by atoms with Gasteiger partial charge in [-0.15, -0.1) is 0 Å². The van der Waals surface area contributed by atoms with Crippen LogP contribution >= 0.6 is 0 Å². The van der Waals surface area contributed by atoms with E-state index in [9.17, 15) is 0 Å². The molecule has 0 spiro atoms. The van der Waals surface area contributed by atoms with E-state index in [1.165, 1.54) is 22.3 Å². The Morgan fingerprint density at radius 2 is 1.12 bits per heavy atom. The van der Waals surface area contributed by atoms with Crippen LogP contribution in [-0.2, 0) is 9.31 Å². The Morgan fingerprint density at radius 3 is 1.64 bits per heavy atom. The molecule has 2 aliphatic carbocycles. The predicted octanol–water partition coefficient (Wildman–Crippen LogP) is 4.76. The lowest BCUT2D eigenvalue weighted by Crippen LogP contribution is -2.41. The highest BCUT2D eigenvalue weighted by Gasteiger charge is 2.51. The van der Waals surface area contributed by atoms with Gasteiger partial charge in [-0.25, -0.2) is 0 Å². The van der Waals surface area contributed by atoms with E-state index < -0.39 is 0 Å². The highest BCUT2D eigenvalue weighted by molar-refractivity contribution is 6.62. The molecule has 1 aromatic carbocycles. The summed E-state index contributed by atoms with van der Waals surface area (Å²) in [7, 11) is -0.324. The highest BCUT2D eigenvalue weighted by Crippen LogP contribution is 2.37. The van der Waals surface area contributed by atoms with Crippen LogP contribution < -0.4 is 5.46 Å². The fourth-order valence-corrected chi connectivity index (χ4v) is 3.19. The van der Waals surface area contributed by atoms with Crippen LogP contribution in [0.15, 0.2) is 66.7 Å². The lowest BCUT2D eigenvalue weighted by Gasteiger charge is -2.32. The molecule has 25 heavy (non-hydrogen) atoms. The standard InChI is InChI=1S/C22H23BO2/c1-21(2)22(3,4)25-23(24-21)20-12-10-17-14-19(15-18(17)11-13-20)16-8-6-5-7-9-16/h5-15H,1-4H3. The summed E-state index contributed by atoms with van der Waals surface area (Å²) in [6.07, 6.45) is 0. The van der Waals surface area contributed by atoms with Gasteiger partial charge >= 0.3 is 7.12 Å².